The molecule has 108 valence electrons. The van der Waals surface area contributed by atoms with Crippen LogP contribution in [-0.4, -0.2) is 26.8 Å². The third-order valence-electron chi connectivity index (χ3n) is 3.05. The Labute approximate surface area is 116 Å². The summed E-state index contributed by atoms with van der Waals surface area (Å²) in [5, 5.41) is 10.2. The maximum Gasteiger partial charge on any atom is 0.238 e. The minimum Gasteiger partial charge on any atom is -0.355 e. The van der Waals surface area contributed by atoms with Gasteiger partial charge in [-0.15, -0.1) is 0 Å². The van der Waals surface area contributed by atoms with Gasteiger partial charge in [-0.1, -0.05) is 0 Å². The molecule has 2 rings (SSSR count). The summed E-state index contributed by atoms with van der Waals surface area (Å²) in [5.74, 6) is -1.39. The molecule has 4 N–H and O–H groups in total. The molecule has 1 unspecified atom stereocenters. The number of rotatable bonds is 3. The van der Waals surface area contributed by atoms with Crippen molar-refractivity contribution in [1.82, 2.24) is 5.32 Å². The molecule has 7 nitrogen and oxygen atoms in total. The molecule has 1 aromatic rings. The second-order valence-electron chi connectivity index (χ2n) is 4.54. The first-order valence-electron chi connectivity index (χ1n) is 6.09. The molecule has 0 bridgehead atoms. The smallest absolute Gasteiger partial charge is 0.238 e. The SMILES string of the molecule is NS(=O)(=O)c1ccc(NC(=O)C2CCCNC2=O)cc1. The maximum absolute atomic E-state index is 11.9. The Morgan fingerprint density at radius 3 is 2.50 bits per heavy atom. The number of anilines is 1. The number of benzene rings is 1. The number of piperidine rings is 1. The van der Waals surface area contributed by atoms with E-state index in [-0.39, 0.29) is 10.8 Å². The summed E-state index contributed by atoms with van der Waals surface area (Å²) in [6.45, 7) is 0.589. The number of sulfonamides is 1. The summed E-state index contributed by atoms with van der Waals surface area (Å²) < 4.78 is 22.2. The van der Waals surface area contributed by atoms with E-state index in [1.54, 1.807) is 0 Å². The Kier molecular flexibility index (Phi) is 4.05. The summed E-state index contributed by atoms with van der Waals surface area (Å²) in [5.41, 5.74) is 0.417. The third kappa shape index (κ3) is 3.34. The van der Waals surface area contributed by atoms with Gasteiger partial charge in [0.15, 0.2) is 0 Å². The van der Waals surface area contributed by atoms with E-state index in [2.05, 4.69) is 10.6 Å². The summed E-state index contributed by atoms with van der Waals surface area (Å²) in [7, 11) is -3.75. The molecule has 1 heterocycles. The fraction of sp³-hybridized carbons (Fsp3) is 0.333. The lowest BCUT2D eigenvalue weighted by molar-refractivity contribution is -0.134. The highest BCUT2D eigenvalue weighted by atomic mass is 32.2. The second kappa shape index (κ2) is 5.59. The van der Waals surface area contributed by atoms with Crippen molar-refractivity contribution < 1.29 is 18.0 Å². The number of hydrogen-bond donors (Lipinski definition) is 3. The molecule has 0 aromatic heterocycles. The van der Waals surface area contributed by atoms with E-state index >= 15 is 0 Å². The van der Waals surface area contributed by atoms with Crippen LogP contribution < -0.4 is 15.8 Å². The molecule has 1 fully saturated rings. The zero-order chi connectivity index (χ0) is 14.8. The van der Waals surface area contributed by atoms with Gasteiger partial charge in [-0.25, -0.2) is 13.6 Å². The molecule has 0 aliphatic carbocycles. The number of hydrogen-bond acceptors (Lipinski definition) is 4. The molecule has 1 atom stereocenters. The van der Waals surface area contributed by atoms with Gasteiger partial charge in [-0.05, 0) is 37.1 Å². The molecule has 2 amide bonds. The molecule has 1 aliphatic heterocycles. The topological polar surface area (TPSA) is 118 Å². The predicted octanol–water partition coefficient (Wildman–Crippen LogP) is -0.201. The molecule has 1 aliphatic rings. The molecule has 20 heavy (non-hydrogen) atoms. The Morgan fingerprint density at radius 2 is 1.95 bits per heavy atom. The van der Waals surface area contributed by atoms with Crippen molar-refractivity contribution in [2.75, 3.05) is 11.9 Å². The van der Waals surface area contributed by atoms with Crippen molar-refractivity contribution in [3.8, 4) is 0 Å². The van der Waals surface area contributed by atoms with Crippen molar-refractivity contribution in [3.63, 3.8) is 0 Å². The minimum atomic E-state index is -3.75. The minimum absolute atomic E-state index is 0.0362. The first-order valence-corrected chi connectivity index (χ1v) is 7.64. The van der Waals surface area contributed by atoms with E-state index in [9.17, 15) is 18.0 Å². The van der Waals surface area contributed by atoms with Crippen molar-refractivity contribution in [2.45, 2.75) is 17.7 Å². The van der Waals surface area contributed by atoms with Crippen LogP contribution in [0.4, 0.5) is 5.69 Å². The average Bonchev–Trinajstić information content (AvgIpc) is 2.38. The standard InChI is InChI=1S/C12H15N3O4S/c13-20(18,19)9-5-3-8(4-6-9)15-12(17)10-2-1-7-14-11(10)16/h3-6,10H,1-2,7H2,(H,14,16)(H,15,17)(H2,13,18,19). The summed E-state index contributed by atoms with van der Waals surface area (Å²) >= 11 is 0. The van der Waals surface area contributed by atoms with Gasteiger partial charge in [0.25, 0.3) is 0 Å². The van der Waals surface area contributed by atoms with Crippen molar-refractivity contribution in [2.24, 2.45) is 11.1 Å². The van der Waals surface area contributed by atoms with Crippen LogP contribution >= 0.6 is 0 Å². The lowest BCUT2D eigenvalue weighted by Gasteiger charge is -2.21. The monoisotopic (exact) mass is 297 g/mol. The normalized spacial score (nSPS) is 19.2. The molecular formula is C12H15N3O4S. The highest BCUT2D eigenvalue weighted by Gasteiger charge is 2.28. The number of carbonyl (C=O) groups is 2. The molecule has 0 radical (unpaired) electrons. The number of nitrogens with one attached hydrogen (secondary N) is 2. The van der Waals surface area contributed by atoms with Crippen LogP contribution in [0.2, 0.25) is 0 Å². The number of nitrogens with two attached hydrogens (primary N) is 1. The zero-order valence-corrected chi connectivity index (χ0v) is 11.4. The molecular weight excluding hydrogens is 282 g/mol. The van der Waals surface area contributed by atoms with Crippen molar-refractivity contribution in [3.05, 3.63) is 24.3 Å². The van der Waals surface area contributed by atoms with Crippen LogP contribution in [0.15, 0.2) is 29.2 Å². The van der Waals surface area contributed by atoms with E-state index in [1.807, 2.05) is 0 Å². The van der Waals surface area contributed by atoms with Gasteiger partial charge in [0.05, 0.1) is 4.90 Å². The number of primary sulfonamides is 1. The van der Waals surface area contributed by atoms with Gasteiger partial charge < -0.3 is 10.6 Å². The number of amides is 2. The second-order valence-corrected chi connectivity index (χ2v) is 6.11. The maximum atomic E-state index is 11.9. The zero-order valence-electron chi connectivity index (χ0n) is 10.6. The first-order chi connectivity index (χ1) is 9.38. The van der Waals surface area contributed by atoms with Crippen LogP contribution in [0.5, 0.6) is 0 Å². The van der Waals surface area contributed by atoms with E-state index in [0.29, 0.717) is 18.7 Å². The molecule has 1 saturated heterocycles. The van der Waals surface area contributed by atoms with Crippen LogP contribution in [0.25, 0.3) is 0 Å². The highest BCUT2D eigenvalue weighted by molar-refractivity contribution is 7.89. The third-order valence-corrected chi connectivity index (χ3v) is 3.98. The molecule has 1 aromatic carbocycles. The Balaban J connectivity index is 2.06. The Morgan fingerprint density at radius 1 is 1.30 bits per heavy atom. The van der Waals surface area contributed by atoms with Gasteiger partial charge in [-0.2, -0.15) is 0 Å². The molecule has 8 heteroatoms. The highest BCUT2D eigenvalue weighted by Crippen LogP contribution is 2.17. The first kappa shape index (κ1) is 14.5. The average molecular weight is 297 g/mol. The predicted molar refractivity (Wildman–Crippen MR) is 72.2 cm³/mol. The molecule has 0 saturated carbocycles. The van der Waals surface area contributed by atoms with Crippen LogP contribution in [0, 0.1) is 5.92 Å². The quantitative estimate of drug-likeness (QED) is 0.669. The van der Waals surface area contributed by atoms with E-state index < -0.39 is 21.8 Å². The Bertz CT molecular complexity index is 625. The van der Waals surface area contributed by atoms with Gasteiger partial charge >= 0.3 is 0 Å². The summed E-state index contributed by atoms with van der Waals surface area (Å²) in [6, 6.07) is 5.45. The largest absolute Gasteiger partial charge is 0.355 e. The Hall–Kier alpha value is -1.93. The fourth-order valence-corrected chi connectivity index (χ4v) is 2.49. The van der Waals surface area contributed by atoms with Crippen LogP contribution in [0.3, 0.4) is 0 Å². The molecule has 0 spiro atoms. The van der Waals surface area contributed by atoms with E-state index in [0.717, 1.165) is 6.42 Å². The van der Waals surface area contributed by atoms with Gasteiger partial charge in [0.1, 0.15) is 5.92 Å². The van der Waals surface area contributed by atoms with Crippen molar-refractivity contribution >= 4 is 27.5 Å². The number of carbonyl (C=O) groups excluding carboxylic acids is 2. The van der Waals surface area contributed by atoms with Gasteiger partial charge in [0, 0.05) is 12.2 Å². The lowest BCUT2D eigenvalue weighted by Crippen LogP contribution is -2.42. The van der Waals surface area contributed by atoms with Gasteiger partial charge in [0.2, 0.25) is 21.8 Å². The summed E-state index contributed by atoms with van der Waals surface area (Å²) in [6.07, 6.45) is 1.26. The summed E-state index contributed by atoms with van der Waals surface area (Å²) in [4.78, 5) is 23.5. The van der Waals surface area contributed by atoms with E-state index in [4.69, 9.17) is 5.14 Å². The lowest BCUT2D eigenvalue weighted by atomic mass is 9.98. The van der Waals surface area contributed by atoms with Crippen LogP contribution in [0.1, 0.15) is 12.8 Å². The van der Waals surface area contributed by atoms with Gasteiger partial charge in [-0.3, -0.25) is 9.59 Å². The fourth-order valence-electron chi connectivity index (χ4n) is 1.98. The van der Waals surface area contributed by atoms with Crippen molar-refractivity contribution in [1.29, 1.82) is 0 Å². The van der Waals surface area contributed by atoms with E-state index in [1.165, 1.54) is 24.3 Å². The van der Waals surface area contributed by atoms with Crippen LogP contribution in [-0.2, 0) is 19.6 Å².